The number of rotatable bonds is 5. The van der Waals surface area contributed by atoms with Crippen molar-refractivity contribution in [3.8, 4) is 5.75 Å². The molecule has 0 atom stereocenters. The third kappa shape index (κ3) is 4.50. The van der Waals surface area contributed by atoms with Crippen molar-refractivity contribution in [3.05, 3.63) is 88.9 Å². The second-order valence-corrected chi connectivity index (χ2v) is 7.59. The van der Waals surface area contributed by atoms with Crippen LogP contribution >= 0.6 is 11.6 Å². The van der Waals surface area contributed by atoms with Crippen molar-refractivity contribution < 1.29 is 12.6 Å². The lowest BCUT2D eigenvalue weighted by Gasteiger charge is -2.07. The number of para-hydroxylation sites is 1. The number of aryl methyl sites for hydroxylation is 1. The van der Waals surface area contributed by atoms with Crippen LogP contribution in [0, 0.1) is 6.92 Å². The van der Waals surface area contributed by atoms with Crippen LogP contribution in [0.4, 0.5) is 5.69 Å². The molecule has 0 bridgehead atoms. The summed E-state index contributed by atoms with van der Waals surface area (Å²) in [7, 11) is -3.92. The normalized spacial score (nSPS) is 11.6. The lowest BCUT2D eigenvalue weighted by atomic mass is 10.2. The smallest absolute Gasteiger partial charge is 0.339 e. The summed E-state index contributed by atoms with van der Waals surface area (Å²) in [6.45, 7) is 1.98. The summed E-state index contributed by atoms with van der Waals surface area (Å²) >= 11 is 5.79. The van der Waals surface area contributed by atoms with Crippen LogP contribution < -0.4 is 4.18 Å². The summed E-state index contributed by atoms with van der Waals surface area (Å²) in [5.41, 5.74) is 2.64. The first-order valence-electron chi connectivity index (χ1n) is 7.84. The summed E-state index contributed by atoms with van der Waals surface area (Å²) in [4.78, 5) is 4.48. The summed E-state index contributed by atoms with van der Waals surface area (Å²) in [5, 5.41) is 0.457. The van der Waals surface area contributed by atoms with Crippen LogP contribution in [-0.2, 0) is 10.1 Å². The van der Waals surface area contributed by atoms with E-state index in [9.17, 15) is 8.42 Å². The zero-order valence-corrected chi connectivity index (χ0v) is 15.5. The summed E-state index contributed by atoms with van der Waals surface area (Å²) < 4.78 is 29.9. The van der Waals surface area contributed by atoms with Crippen molar-refractivity contribution in [1.82, 2.24) is 0 Å². The highest BCUT2D eigenvalue weighted by Crippen LogP contribution is 2.22. The predicted octanol–water partition coefficient (Wildman–Crippen LogP) is 5.17. The Kier molecular flexibility index (Phi) is 5.40. The third-order valence-corrected chi connectivity index (χ3v) is 5.15. The predicted molar refractivity (Wildman–Crippen MR) is 104 cm³/mol. The fourth-order valence-corrected chi connectivity index (χ4v) is 3.32. The second kappa shape index (κ2) is 7.72. The van der Waals surface area contributed by atoms with Crippen LogP contribution in [0.25, 0.3) is 0 Å². The lowest BCUT2D eigenvalue weighted by Crippen LogP contribution is -2.09. The first-order chi connectivity index (χ1) is 12.4. The van der Waals surface area contributed by atoms with E-state index >= 15 is 0 Å². The van der Waals surface area contributed by atoms with Gasteiger partial charge in [0, 0.05) is 11.2 Å². The van der Waals surface area contributed by atoms with E-state index < -0.39 is 10.1 Å². The average molecular weight is 386 g/mol. The van der Waals surface area contributed by atoms with Crippen molar-refractivity contribution in [2.75, 3.05) is 0 Å². The van der Waals surface area contributed by atoms with Gasteiger partial charge in [0.1, 0.15) is 10.6 Å². The minimum absolute atomic E-state index is 0.0425. The highest BCUT2D eigenvalue weighted by atomic mass is 35.5. The van der Waals surface area contributed by atoms with Crippen molar-refractivity contribution in [2.45, 2.75) is 11.8 Å². The highest BCUT2D eigenvalue weighted by molar-refractivity contribution is 7.87. The van der Waals surface area contributed by atoms with Gasteiger partial charge in [0.15, 0.2) is 0 Å². The summed E-state index contributed by atoms with van der Waals surface area (Å²) in [6, 6.07) is 20.3. The van der Waals surface area contributed by atoms with E-state index in [2.05, 4.69) is 4.99 Å². The molecular weight excluding hydrogens is 370 g/mol. The maximum absolute atomic E-state index is 12.3. The molecule has 0 saturated heterocycles. The van der Waals surface area contributed by atoms with Crippen molar-refractivity contribution in [1.29, 1.82) is 0 Å². The monoisotopic (exact) mass is 385 g/mol. The molecule has 0 spiro atoms. The van der Waals surface area contributed by atoms with Gasteiger partial charge in [-0.25, -0.2) is 0 Å². The molecule has 3 aromatic rings. The SMILES string of the molecule is Cc1ccccc1N=Cc1cccc(OS(=O)(=O)c2ccc(Cl)cc2)c1. The molecule has 0 radical (unpaired) electrons. The van der Waals surface area contributed by atoms with Gasteiger partial charge in [-0.15, -0.1) is 0 Å². The molecule has 0 saturated carbocycles. The van der Waals surface area contributed by atoms with Crippen LogP contribution in [0.15, 0.2) is 82.7 Å². The molecule has 0 heterocycles. The minimum Gasteiger partial charge on any atom is -0.379 e. The lowest BCUT2D eigenvalue weighted by molar-refractivity contribution is 0.486. The van der Waals surface area contributed by atoms with E-state index in [0.717, 1.165) is 16.8 Å². The van der Waals surface area contributed by atoms with E-state index in [4.69, 9.17) is 15.8 Å². The molecular formula is C20H16ClNO3S. The van der Waals surface area contributed by atoms with Crippen molar-refractivity contribution >= 4 is 33.6 Å². The molecule has 0 amide bonds. The Labute approximate surface area is 157 Å². The molecule has 0 N–H and O–H groups in total. The van der Waals surface area contributed by atoms with Crippen LogP contribution in [0.2, 0.25) is 5.02 Å². The average Bonchev–Trinajstić information content (AvgIpc) is 2.61. The highest BCUT2D eigenvalue weighted by Gasteiger charge is 2.16. The first-order valence-corrected chi connectivity index (χ1v) is 9.62. The van der Waals surface area contributed by atoms with Crippen LogP contribution in [0.3, 0.4) is 0 Å². The Hall–Kier alpha value is -2.63. The van der Waals surface area contributed by atoms with E-state index in [-0.39, 0.29) is 10.6 Å². The van der Waals surface area contributed by atoms with Crippen molar-refractivity contribution in [2.24, 2.45) is 4.99 Å². The van der Waals surface area contributed by atoms with Gasteiger partial charge in [0.05, 0.1) is 5.69 Å². The number of hydrogen-bond acceptors (Lipinski definition) is 4. The molecule has 6 heteroatoms. The maximum atomic E-state index is 12.3. The molecule has 132 valence electrons. The van der Waals surface area contributed by atoms with Gasteiger partial charge in [-0.05, 0) is 60.5 Å². The van der Waals surface area contributed by atoms with Gasteiger partial charge in [-0.3, -0.25) is 4.99 Å². The van der Waals surface area contributed by atoms with E-state index in [1.54, 1.807) is 24.4 Å². The molecule has 4 nitrogen and oxygen atoms in total. The van der Waals surface area contributed by atoms with Gasteiger partial charge in [0.25, 0.3) is 0 Å². The topological polar surface area (TPSA) is 55.7 Å². The van der Waals surface area contributed by atoms with Gasteiger partial charge in [-0.2, -0.15) is 8.42 Å². The van der Waals surface area contributed by atoms with Crippen molar-refractivity contribution in [3.63, 3.8) is 0 Å². The fourth-order valence-electron chi connectivity index (χ4n) is 2.28. The molecule has 0 aliphatic carbocycles. The maximum Gasteiger partial charge on any atom is 0.339 e. The Morgan fingerprint density at radius 1 is 0.962 bits per heavy atom. The van der Waals surface area contributed by atoms with Gasteiger partial charge < -0.3 is 4.18 Å². The third-order valence-electron chi connectivity index (χ3n) is 3.63. The Bertz CT molecular complexity index is 1040. The standard InChI is InChI=1S/C20H16ClNO3S/c1-15-5-2-3-8-20(15)22-14-16-6-4-7-18(13-16)25-26(23,24)19-11-9-17(21)10-12-19/h2-14H,1H3. The Morgan fingerprint density at radius 2 is 1.69 bits per heavy atom. The van der Waals surface area contributed by atoms with Crippen LogP contribution in [0.1, 0.15) is 11.1 Å². The molecule has 3 aromatic carbocycles. The molecule has 26 heavy (non-hydrogen) atoms. The molecule has 0 aliphatic heterocycles. The number of nitrogens with zero attached hydrogens (tertiary/aromatic N) is 1. The quantitative estimate of drug-likeness (QED) is 0.450. The molecule has 3 rings (SSSR count). The first kappa shape index (κ1) is 18.2. The largest absolute Gasteiger partial charge is 0.379 e. The minimum atomic E-state index is -3.92. The van der Waals surface area contributed by atoms with Gasteiger partial charge in [0.2, 0.25) is 0 Å². The number of hydrogen-bond donors (Lipinski definition) is 0. The van der Waals surface area contributed by atoms with E-state index in [1.165, 1.54) is 24.3 Å². The number of aliphatic imine (C=N–C) groups is 1. The zero-order valence-electron chi connectivity index (χ0n) is 14.0. The molecule has 0 aromatic heterocycles. The Morgan fingerprint density at radius 3 is 2.42 bits per heavy atom. The zero-order chi connectivity index (χ0) is 18.6. The van der Waals surface area contributed by atoms with Crippen LogP contribution in [0.5, 0.6) is 5.75 Å². The summed E-state index contributed by atoms with van der Waals surface area (Å²) in [5.74, 6) is 0.216. The molecule has 0 unspecified atom stereocenters. The Balaban J connectivity index is 1.81. The van der Waals surface area contributed by atoms with Crippen LogP contribution in [-0.4, -0.2) is 14.6 Å². The molecule has 0 fully saturated rings. The second-order valence-electron chi connectivity index (χ2n) is 5.61. The van der Waals surface area contributed by atoms with E-state index in [1.807, 2.05) is 37.3 Å². The molecule has 0 aliphatic rings. The van der Waals surface area contributed by atoms with Gasteiger partial charge in [-0.1, -0.05) is 41.9 Å². The summed E-state index contributed by atoms with van der Waals surface area (Å²) in [6.07, 6.45) is 1.67. The fraction of sp³-hybridized carbons (Fsp3) is 0.0500. The van der Waals surface area contributed by atoms with Gasteiger partial charge >= 0.3 is 10.1 Å². The number of halogens is 1. The number of benzene rings is 3. The van der Waals surface area contributed by atoms with E-state index in [0.29, 0.717) is 5.02 Å².